The van der Waals surface area contributed by atoms with Crippen molar-refractivity contribution >= 4 is 17.2 Å². The number of carbonyl (C=O) groups is 1. The molecule has 1 aliphatic rings. The normalized spacial score (nSPS) is 17.4. The van der Waals surface area contributed by atoms with Crippen LogP contribution in [-0.4, -0.2) is 21.9 Å². The van der Waals surface area contributed by atoms with E-state index in [9.17, 15) is 4.79 Å². The summed E-state index contributed by atoms with van der Waals surface area (Å²) in [6, 6.07) is 14.4. The molecule has 3 nitrogen and oxygen atoms in total. The molecule has 1 atom stereocenters. The van der Waals surface area contributed by atoms with Gasteiger partial charge in [-0.2, -0.15) is 0 Å². The van der Waals surface area contributed by atoms with Crippen molar-refractivity contribution in [1.82, 2.24) is 9.47 Å². The Kier molecular flexibility index (Phi) is 3.98. The molecule has 1 aliphatic heterocycles. The number of aromatic nitrogens is 1. The molecule has 3 aromatic rings. The molecule has 2 aromatic heterocycles. The highest BCUT2D eigenvalue weighted by atomic mass is 32.1. The fourth-order valence-corrected chi connectivity index (χ4v) is 4.34. The van der Waals surface area contributed by atoms with E-state index in [1.807, 2.05) is 47.6 Å². The van der Waals surface area contributed by atoms with Crippen LogP contribution < -0.4 is 0 Å². The van der Waals surface area contributed by atoms with E-state index < -0.39 is 0 Å². The summed E-state index contributed by atoms with van der Waals surface area (Å²) in [5, 5.41) is 2.09. The second-order valence-corrected chi connectivity index (χ2v) is 7.24. The van der Waals surface area contributed by atoms with Gasteiger partial charge in [0.2, 0.25) is 0 Å². The van der Waals surface area contributed by atoms with Crippen LogP contribution in [0.3, 0.4) is 0 Å². The molecular weight excluding hydrogens is 316 g/mol. The Bertz CT molecular complexity index is 837. The van der Waals surface area contributed by atoms with Crippen LogP contribution in [0.25, 0.3) is 5.69 Å². The molecule has 1 fully saturated rings. The van der Waals surface area contributed by atoms with Gasteiger partial charge in [-0.15, -0.1) is 11.3 Å². The summed E-state index contributed by atoms with van der Waals surface area (Å²) in [5.41, 5.74) is 3.00. The predicted molar refractivity (Wildman–Crippen MR) is 97.8 cm³/mol. The minimum atomic E-state index is 0.138. The lowest BCUT2D eigenvalue weighted by molar-refractivity contribution is 0.0738. The highest BCUT2D eigenvalue weighted by Gasteiger charge is 2.31. The van der Waals surface area contributed by atoms with E-state index in [2.05, 4.69) is 29.0 Å². The molecule has 0 bridgehead atoms. The SMILES string of the molecule is Cc1ccc(C(=O)N2CCC[C@@H]2c2cccs2)cc1-n1cccc1. The molecule has 1 amide bonds. The number of hydrogen-bond donors (Lipinski definition) is 0. The molecule has 24 heavy (non-hydrogen) atoms. The lowest BCUT2D eigenvalue weighted by Crippen LogP contribution is -2.30. The summed E-state index contributed by atoms with van der Waals surface area (Å²) in [5.74, 6) is 0.138. The van der Waals surface area contributed by atoms with Gasteiger partial charge < -0.3 is 9.47 Å². The smallest absolute Gasteiger partial charge is 0.254 e. The van der Waals surface area contributed by atoms with E-state index in [0.29, 0.717) is 0 Å². The largest absolute Gasteiger partial charge is 0.331 e. The molecule has 4 heteroatoms. The van der Waals surface area contributed by atoms with Crippen LogP contribution in [0.1, 0.15) is 39.7 Å². The highest BCUT2D eigenvalue weighted by molar-refractivity contribution is 7.10. The van der Waals surface area contributed by atoms with Crippen molar-refractivity contribution in [2.45, 2.75) is 25.8 Å². The second kappa shape index (κ2) is 6.29. The Morgan fingerprint density at radius 2 is 2.00 bits per heavy atom. The summed E-state index contributed by atoms with van der Waals surface area (Å²) in [6.45, 7) is 2.92. The maximum atomic E-state index is 13.1. The standard InChI is InChI=1S/C20H20N2OS/c1-15-8-9-16(14-18(15)21-10-2-3-11-21)20(23)22-12-4-6-17(22)19-7-5-13-24-19/h2-3,5,7-11,13-14,17H,4,6,12H2,1H3/t17-/m1/s1. The first kappa shape index (κ1) is 15.2. The lowest BCUT2D eigenvalue weighted by Gasteiger charge is -2.24. The number of benzene rings is 1. The number of rotatable bonds is 3. The molecule has 0 radical (unpaired) electrons. The minimum Gasteiger partial charge on any atom is -0.331 e. The Morgan fingerprint density at radius 3 is 2.75 bits per heavy atom. The van der Waals surface area contributed by atoms with Crippen molar-refractivity contribution < 1.29 is 4.79 Å². The van der Waals surface area contributed by atoms with Gasteiger partial charge >= 0.3 is 0 Å². The van der Waals surface area contributed by atoms with Gasteiger partial charge in [0.1, 0.15) is 0 Å². The van der Waals surface area contributed by atoms with Gasteiger partial charge in [0, 0.05) is 35.1 Å². The van der Waals surface area contributed by atoms with Crippen molar-refractivity contribution in [1.29, 1.82) is 0 Å². The maximum Gasteiger partial charge on any atom is 0.254 e. The molecule has 1 aromatic carbocycles. The average molecular weight is 336 g/mol. The van der Waals surface area contributed by atoms with E-state index in [0.717, 1.165) is 30.6 Å². The first-order valence-corrected chi connectivity index (χ1v) is 9.20. The van der Waals surface area contributed by atoms with Gasteiger partial charge in [-0.1, -0.05) is 12.1 Å². The summed E-state index contributed by atoms with van der Waals surface area (Å²) in [7, 11) is 0. The van der Waals surface area contributed by atoms with Crippen LogP contribution in [-0.2, 0) is 0 Å². The molecule has 122 valence electrons. The van der Waals surface area contributed by atoms with Crippen molar-refractivity contribution in [3.8, 4) is 5.69 Å². The van der Waals surface area contributed by atoms with Gasteiger partial charge in [0.25, 0.3) is 5.91 Å². The Balaban J connectivity index is 1.66. The number of carbonyl (C=O) groups excluding carboxylic acids is 1. The van der Waals surface area contributed by atoms with Crippen molar-refractivity contribution in [3.63, 3.8) is 0 Å². The van der Waals surface area contributed by atoms with Crippen LogP contribution >= 0.6 is 11.3 Å². The van der Waals surface area contributed by atoms with Gasteiger partial charge in [-0.25, -0.2) is 0 Å². The minimum absolute atomic E-state index is 0.138. The molecule has 1 saturated heterocycles. The average Bonchev–Trinajstić information content (AvgIpc) is 3.34. The zero-order valence-electron chi connectivity index (χ0n) is 13.7. The maximum absolute atomic E-state index is 13.1. The van der Waals surface area contributed by atoms with Crippen LogP contribution in [0.2, 0.25) is 0 Å². The van der Waals surface area contributed by atoms with E-state index >= 15 is 0 Å². The predicted octanol–water partition coefficient (Wildman–Crippen LogP) is 4.82. The number of likely N-dealkylation sites (tertiary alicyclic amines) is 1. The summed E-state index contributed by atoms with van der Waals surface area (Å²) < 4.78 is 2.06. The quantitative estimate of drug-likeness (QED) is 0.673. The topological polar surface area (TPSA) is 25.2 Å². The van der Waals surface area contributed by atoms with Crippen LogP contribution in [0, 0.1) is 6.92 Å². The van der Waals surface area contributed by atoms with E-state index in [4.69, 9.17) is 0 Å². The zero-order valence-corrected chi connectivity index (χ0v) is 14.5. The Labute approximate surface area is 146 Å². The first-order valence-electron chi connectivity index (χ1n) is 8.32. The summed E-state index contributed by atoms with van der Waals surface area (Å²) in [4.78, 5) is 16.4. The van der Waals surface area contributed by atoms with Crippen LogP contribution in [0.4, 0.5) is 0 Å². The molecule has 0 spiro atoms. The molecule has 0 N–H and O–H groups in total. The second-order valence-electron chi connectivity index (χ2n) is 6.26. The molecular formula is C20H20N2OS. The number of aryl methyl sites for hydroxylation is 1. The Hall–Kier alpha value is -2.33. The van der Waals surface area contributed by atoms with Crippen LogP contribution in [0.5, 0.6) is 0 Å². The third kappa shape index (κ3) is 2.67. The summed E-state index contributed by atoms with van der Waals surface area (Å²) in [6.07, 6.45) is 6.16. The van der Waals surface area contributed by atoms with Gasteiger partial charge in [-0.3, -0.25) is 4.79 Å². The third-order valence-electron chi connectivity index (χ3n) is 4.72. The molecule has 0 aliphatic carbocycles. The van der Waals surface area contributed by atoms with Gasteiger partial charge in [0.15, 0.2) is 0 Å². The lowest BCUT2D eigenvalue weighted by atomic mass is 10.1. The summed E-state index contributed by atoms with van der Waals surface area (Å²) >= 11 is 1.74. The highest BCUT2D eigenvalue weighted by Crippen LogP contribution is 2.35. The van der Waals surface area contributed by atoms with Gasteiger partial charge in [-0.05, 0) is 61.0 Å². The molecule has 0 saturated carbocycles. The van der Waals surface area contributed by atoms with Gasteiger partial charge in [0.05, 0.1) is 6.04 Å². The van der Waals surface area contributed by atoms with E-state index in [-0.39, 0.29) is 11.9 Å². The van der Waals surface area contributed by atoms with Crippen molar-refractivity contribution in [3.05, 3.63) is 76.2 Å². The third-order valence-corrected chi connectivity index (χ3v) is 5.70. The Morgan fingerprint density at radius 1 is 1.17 bits per heavy atom. The number of amides is 1. The molecule has 0 unspecified atom stereocenters. The zero-order chi connectivity index (χ0) is 16.5. The fourth-order valence-electron chi connectivity index (χ4n) is 3.47. The van der Waals surface area contributed by atoms with E-state index in [1.165, 1.54) is 10.4 Å². The van der Waals surface area contributed by atoms with Crippen LogP contribution in [0.15, 0.2) is 60.2 Å². The fraction of sp³-hybridized carbons (Fsp3) is 0.250. The number of nitrogens with zero attached hydrogens (tertiary/aromatic N) is 2. The molecule has 4 rings (SSSR count). The number of hydrogen-bond acceptors (Lipinski definition) is 2. The number of thiophene rings is 1. The van der Waals surface area contributed by atoms with E-state index in [1.54, 1.807) is 11.3 Å². The molecule has 3 heterocycles. The van der Waals surface area contributed by atoms with Crippen molar-refractivity contribution in [2.75, 3.05) is 6.54 Å². The van der Waals surface area contributed by atoms with Crippen molar-refractivity contribution in [2.24, 2.45) is 0 Å². The monoisotopic (exact) mass is 336 g/mol. The first-order chi connectivity index (χ1) is 11.7.